The highest BCUT2D eigenvalue weighted by Crippen LogP contribution is 2.18. The lowest BCUT2D eigenvalue weighted by atomic mass is 10.1. The second-order valence-corrected chi connectivity index (χ2v) is 2.80. The van der Waals surface area contributed by atoms with Crippen LogP contribution in [0.1, 0.15) is 5.56 Å². The van der Waals surface area contributed by atoms with Crippen molar-refractivity contribution in [1.82, 2.24) is 0 Å². The number of halogens is 1. The van der Waals surface area contributed by atoms with Crippen LogP contribution < -0.4 is 0 Å². The lowest BCUT2D eigenvalue weighted by molar-refractivity contribution is 0.639. The molecule has 0 aromatic heterocycles. The van der Waals surface area contributed by atoms with Gasteiger partial charge in [-0.2, -0.15) is 0 Å². The van der Waals surface area contributed by atoms with Crippen LogP contribution in [0.4, 0.5) is 4.39 Å². The zero-order valence-corrected chi connectivity index (χ0v) is 6.55. The van der Waals surface area contributed by atoms with E-state index in [1.165, 1.54) is 6.07 Å². The van der Waals surface area contributed by atoms with E-state index in [0.29, 0.717) is 10.9 Å². The molecule has 0 fully saturated rings. The van der Waals surface area contributed by atoms with E-state index >= 15 is 0 Å². The van der Waals surface area contributed by atoms with E-state index in [9.17, 15) is 4.39 Å². The highest BCUT2D eigenvalue weighted by Gasteiger charge is 1.99. The Balaban J connectivity index is 2.89. The van der Waals surface area contributed by atoms with Crippen LogP contribution in [-0.4, -0.2) is 0 Å². The summed E-state index contributed by atoms with van der Waals surface area (Å²) >= 11 is 0. The molecule has 0 amide bonds. The Kier molecular flexibility index (Phi) is 1.58. The van der Waals surface area contributed by atoms with Crippen molar-refractivity contribution in [2.75, 3.05) is 0 Å². The molecule has 0 spiro atoms. The first-order chi connectivity index (χ1) is 5.77. The van der Waals surface area contributed by atoms with Crippen LogP contribution >= 0.6 is 0 Å². The van der Waals surface area contributed by atoms with Crippen molar-refractivity contribution in [3.05, 3.63) is 54.7 Å². The maximum Gasteiger partial charge on any atom is 0.131 e. The normalized spacial score (nSPS) is 10.5. The van der Waals surface area contributed by atoms with Gasteiger partial charge in [0.2, 0.25) is 0 Å². The maximum absolute atomic E-state index is 13.2. The summed E-state index contributed by atoms with van der Waals surface area (Å²) in [7, 11) is 0. The minimum Gasteiger partial charge on any atom is -0.206 e. The Morgan fingerprint density at radius 3 is 2.67 bits per heavy atom. The molecule has 12 heavy (non-hydrogen) atoms. The number of rotatable bonds is 0. The number of hydrogen-bond donors (Lipinski definition) is 0. The molecule has 2 aromatic rings. The first-order valence-corrected chi connectivity index (χ1v) is 3.77. The summed E-state index contributed by atoms with van der Waals surface area (Å²) < 4.78 is 13.2. The lowest BCUT2D eigenvalue weighted by Crippen LogP contribution is -1.81. The Bertz CT molecular complexity index is 418. The molecule has 0 aliphatic heterocycles. The van der Waals surface area contributed by atoms with Crippen molar-refractivity contribution in [1.29, 1.82) is 0 Å². The van der Waals surface area contributed by atoms with E-state index < -0.39 is 0 Å². The van der Waals surface area contributed by atoms with Crippen molar-refractivity contribution in [3.63, 3.8) is 0 Å². The predicted molar refractivity (Wildman–Crippen MR) is 48.4 cm³/mol. The summed E-state index contributed by atoms with van der Waals surface area (Å²) in [4.78, 5) is 0. The molecular weight excluding hydrogens is 151 g/mol. The van der Waals surface area contributed by atoms with Crippen molar-refractivity contribution in [3.8, 4) is 0 Å². The summed E-state index contributed by atoms with van der Waals surface area (Å²) in [5, 5.41) is 1.56. The molecule has 2 rings (SSSR count). The molecular formula is C11H8F. The van der Waals surface area contributed by atoms with Crippen LogP contribution in [-0.2, 0) is 0 Å². The first-order valence-electron chi connectivity index (χ1n) is 3.77. The lowest BCUT2D eigenvalue weighted by Gasteiger charge is -1.99. The van der Waals surface area contributed by atoms with Crippen LogP contribution in [0.15, 0.2) is 36.4 Å². The van der Waals surface area contributed by atoms with Gasteiger partial charge >= 0.3 is 0 Å². The quantitative estimate of drug-likeness (QED) is 0.554. The average Bonchev–Trinajstić information content (AvgIpc) is 2.04. The van der Waals surface area contributed by atoms with E-state index in [1.807, 2.05) is 24.3 Å². The van der Waals surface area contributed by atoms with E-state index in [0.717, 1.165) is 5.39 Å². The molecule has 1 radical (unpaired) electrons. The summed E-state index contributed by atoms with van der Waals surface area (Å²) in [5.41, 5.74) is 0.714. The van der Waals surface area contributed by atoms with Gasteiger partial charge in [0.1, 0.15) is 5.82 Å². The third-order valence-electron chi connectivity index (χ3n) is 1.87. The van der Waals surface area contributed by atoms with Gasteiger partial charge in [0.25, 0.3) is 0 Å². The summed E-state index contributed by atoms with van der Waals surface area (Å²) in [5.74, 6) is -0.196. The molecule has 2 aromatic carbocycles. The molecule has 1 heteroatoms. The van der Waals surface area contributed by atoms with Gasteiger partial charge in [-0.3, -0.25) is 0 Å². The van der Waals surface area contributed by atoms with Gasteiger partial charge in [0, 0.05) is 5.39 Å². The fourth-order valence-corrected chi connectivity index (χ4v) is 1.32. The zero-order chi connectivity index (χ0) is 8.55. The predicted octanol–water partition coefficient (Wildman–Crippen LogP) is 3.16. The molecule has 0 nitrogen and oxygen atoms in total. The summed E-state index contributed by atoms with van der Waals surface area (Å²) in [6, 6.07) is 10.7. The van der Waals surface area contributed by atoms with Gasteiger partial charge in [-0.1, -0.05) is 30.3 Å². The van der Waals surface area contributed by atoms with Gasteiger partial charge in [-0.25, -0.2) is 4.39 Å². The topological polar surface area (TPSA) is 0 Å². The van der Waals surface area contributed by atoms with Crippen LogP contribution in [0.3, 0.4) is 0 Å². The Morgan fingerprint density at radius 1 is 1.08 bits per heavy atom. The highest BCUT2D eigenvalue weighted by molar-refractivity contribution is 5.83. The van der Waals surface area contributed by atoms with Crippen LogP contribution in [0, 0.1) is 12.7 Å². The van der Waals surface area contributed by atoms with Crippen LogP contribution in [0.25, 0.3) is 10.8 Å². The van der Waals surface area contributed by atoms with E-state index in [-0.39, 0.29) is 5.82 Å². The second kappa shape index (κ2) is 2.59. The van der Waals surface area contributed by atoms with Crippen molar-refractivity contribution in [2.24, 2.45) is 0 Å². The largest absolute Gasteiger partial charge is 0.206 e. The molecule has 0 aliphatic rings. The first kappa shape index (κ1) is 7.29. The fourth-order valence-electron chi connectivity index (χ4n) is 1.32. The van der Waals surface area contributed by atoms with E-state index in [1.54, 1.807) is 6.07 Å². The van der Waals surface area contributed by atoms with Gasteiger partial charge in [0.05, 0.1) is 0 Å². The van der Waals surface area contributed by atoms with Crippen molar-refractivity contribution < 1.29 is 4.39 Å². The molecule has 0 bridgehead atoms. The highest BCUT2D eigenvalue weighted by atomic mass is 19.1. The van der Waals surface area contributed by atoms with Crippen LogP contribution in [0.5, 0.6) is 0 Å². The monoisotopic (exact) mass is 159 g/mol. The molecule has 0 unspecified atom stereocenters. The Hall–Kier alpha value is -1.37. The molecule has 0 saturated carbocycles. The fraction of sp³-hybridized carbons (Fsp3) is 0. The van der Waals surface area contributed by atoms with Gasteiger partial charge in [-0.05, 0) is 23.9 Å². The zero-order valence-electron chi connectivity index (χ0n) is 6.55. The van der Waals surface area contributed by atoms with Crippen molar-refractivity contribution >= 4 is 10.8 Å². The summed E-state index contributed by atoms with van der Waals surface area (Å²) in [6.07, 6.45) is 0. The third kappa shape index (κ3) is 1.07. The Morgan fingerprint density at radius 2 is 1.83 bits per heavy atom. The summed E-state index contributed by atoms with van der Waals surface area (Å²) in [6.45, 7) is 3.69. The molecule has 0 aliphatic carbocycles. The van der Waals surface area contributed by atoms with Gasteiger partial charge in [-0.15, -0.1) is 0 Å². The Labute approximate surface area is 70.6 Å². The second-order valence-electron chi connectivity index (χ2n) is 2.80. The number of benzene rings is 2. The minimum absolute atomic E-state index is 0.196. The number of fused-ring (bicyclic) bond motifs is 1. The molecule has 59 valence electrons. The van der Waals surface area contributed by atoms with E-state index in [2.05, 4.69) is 6.92 Å². The minimum atomic E-state index is -0.196. The van der Waals surface area contributed by atoms with E-state index in [4.69, 9.17) is 0 Å². The SMILES string of the molecule is [CH2]c1cc(F)c2ccccc2c1. The smallest absolute Gasteiger partial charge is 0.131 e. The molecule has 0 saturated heterocycles. The average molecular weight is 159 g/mol. The molecule has 0 N–H and O–H groups in total. The third-order valence-corrected chi connectivity index (χ3v) is 1.87. The van der Waals surface area contributed by atoms with Gasteiger partial charge in [0.15, 0.2) is 0 Å². The molecule has 0 heterocycles. The maximum atomic E-state index is 13.2. The van der Waals surface area contributed by atoms with Gasteiger partial charge < -0.3 is 0 Å². The van der Waals surface area contributed by atoms with Crippen molar-refractivity contribution in [2.45, 2.75) is 0 Å². The standard InChI is InChI=1S/C11H8F/c1-8-6-9-4-2-3-5-10(9)11(12)7-8/h2-7H,1H2. The van der Waals surface area contributed by atoms with Crippen LogP contribution in [0.2, 0.25) is 0 Å². The molecule has 0 atom stereocenters. The number of hydrogen-bond acceptors (Lipinski definition) is 0.